The summed E-state index contributed by atoms with van der Waals surface area (Å²) in [4.78, 5) is 4.48. The Balaban J connectivity index is 1.94. The van der Waals surface area contributed by atoms with E-state index in [-0.39, 0.29) is 6.10 Å². The molecule has 2 aromatic heterocycles. The van der Waals surface area contributed by atoms with Crippen LogP contribution >= 0.6 is 11.5 Å². The fourth-order valence-electron chi connectivity index (χ4n) is 2.15. The van der Waals surface area contributed by atoms with Crippen molar-refractivity contribution in [2.45, 2.75) is 25.9 Å². The van der Waals surface area contributed by atoms with Crippen LogP contribution in [0.4, 0.5) is 5.00 Å². The minimum absolute atomic E-state index is 0.0533. The van der Waals surface area contributed by atoms with E-state index in [2.05, 4.69) is 19.8 Å². The summed E-state index contributed by atoms with van der Waals surface area (Å²) in [6.07, 6.45) is 2.29. The van der Waals surface area contributed by atoms with Gasteiger partial charge in [0.15, 0.2) is 0 Å². The van der Waals surface area contributed by atoms with Crippen LogP contribution in [0.5, 0.6) is 0 Å². The zero-order valence-electron chi connectivity index (χ0n) is 11.1. The summed E-state index contributed by atoms with van der Waals surface area (Å²) >= 11 is 1.39. The monoisotopic (exact) mass is 280 g/mol. The molecule has 0 amide bonds. The zero-order valence-corrected chi connectivity index (χ0v) is 12.0. The normalized spacial score (nSPS) is 16.6. The van der Waals surface area contributed by atoms with Crippen molar-refractivity contribution < 1.29 is 9.26 Å². The molecule has 1 aliphatic carbocycles. The first-order valence-electron chi connectivity index (χ1n) is 6.25. The van der Waals surface area contributed by atoms with Gasteiger partial charge in [-0.3, -0.25) is 0 Å². The van der Waals surface area contributed by atoms with E-state index in [0.29, 0.717) is 17.6 Å². The highest BCUT2D eigenvalue weighted by Crippen LogP contribution is 2.42. The maximum atomic E-state index is 5.46. The van der Waals surface area contributed by atoms with Gasteiger partial charge in [-0.05, 0) is 37.2 Å². The molecule has 0 aromatic carbocycles. The number of aryl methyl sites for hydroxylation is 1. The lowest BCUT2D eigenvalue weighted by atomic mass is 10.2. The smallest absolute Gasteiger partial charge is 0.262 e. The predicted octanol–water partition coefficient (Wildman–Crippen LogP) is 2.64. The highest BCUT2D eigenvalue weighted by molar-refractivity contribution is 7.10. The Morgan fingerprint density at radius 1 is 1.47 bits per heavy atom. The highest BCUT2D eigenvalue weighted by Gasteiger charge is 2.36. The van der Waals surface area contributed by atoms with Crippen LogP contribution in [0.25, 0.3) is 11.5 Å². The molecule has 2 aromatic rings. The molecule has 6 nitrogen and oxygen atoms in total. The second-order valence-corrected chi connectivity index (χ2v) is 5.45. The Labute approximate surface area is 115 Å². The summed E-state index contributed by atoms with van der Waals surface area (Å²) in [5.41, 5.74) is 1.78. The van der Waals surface area contributed by atoms with Gasteiger partial charge in [0, 0.05) is 14.2 Å². The van der Waals surface area contributed by atoms with Gasteiger partial charge in [0.05, 0.1) is 11.3 Å². The molecule has 0 radical (unpaired) electrons. The number of nitrogens with zero attached hydrogens (tertiary/aromatic N) is 3. The van der Waals surface area contributed by atoms with Gasteiger partial charge in [-0.2, -0.15) is 9.36 Å². The largest absolute Gasteiger partial charge is 0.378 e. The average molecular weight is 280 g/mol. The molecule has 1 saturated carbocycles. The van der Waals surface area contributed by atoms with Crippen LogP contribution in [-0.2, 0) is 4.74 Å². The number of nitrogens with one attached hydrogen (secondary N) is 1. The van der Waals surface area contributed by atoms with Crippen molar-refractivity contribution in [3.63, 3.8) is 0 Å². The minimum Gasteiger partial charge on any atom is -0.378 e. The van der Waals surface area contributed by atoms with Crippen molar-refractivity contribution >= 4 is 16.5 Å². The Morgan fingerprint density at radius 2 is 2.26 bits per heavy atom. The van der Waals surface area contributed by atoms with Gasteiger partial charge in [-0.1, -0.05) is 5.16 Å². The summed E-state index contributed by atoms with van der Waals surface area (Å²) in [6.45, 7) is 1.94. The first kappa shape index (κ1) is 12.6. The van der Waals surface area contributed by atoms with Crippen LogP contribution in [0.3, 0.4) is 0 Å². The van der Waals surface area contributed by atoms with Crippen molar-refractivity contribution in [3.05, 3.63) is 11.5 Å². The van der Waals surface area contributed by atoms with Crippen LogP contribution < -0.4 is 5.32 Å². The minimum atomic E-state index is -0.0533. The van der Waals surface area contributed by atoms with Crippen LogP contribution in [0.2, 0.25) is 0 Å². The Hall–Kier alpha value is -1.47. The summed E-state index contributed by atoms with van der Waals surface area (Å²) in [5.74, 6) is 1.67. The van der Waals surface area contributed by atoms with Gasteiger partial charge in [0.2, 0.25) is 5.82 Å². The molecule has 0 spiro atoms. The van der Waals surface area contributed by atoms with Gasteiger partial charge in [-0.15, -0.1) is 0 Å². The molecule has 0 aliphatic heterocycles. The van der Waals surface area contributed by atoms with Crippen LogP contribution in [0.1, 0.15) is 30.5 Å². The Bertz CT molecular complexity index is 576. The van der Waals surface area contributed by atoms with E-state index in [9.17, 15) is 0 Å². The number of anilines is 1. The van der Waals surface area contributed by atoms with E-state index in [0.717, 1.165) is 16.3 Å². The molecule has 1 aliphatic rings. The lowest BCUT2D eigenvalue weighted by Crippen LogP contribution is -2.05. The summed E-state index contributed by atoms with van der Waals surface area (Å²) in [5, 5.41) is 8.10. The molecule has 0 saturated heterocycles. The van der Waals surface area contributed by atoms with E-state index >= 15 is 0 Å². The molecule has 2 heterocycles. The van der Waals surface area contributed by atoms with Gasteiger partial charge in [-0.25, -0.2) is 0 Å². The molecule has 1 unspecified atom stereocenters. The van der Waals surface area contributed by atoms with Crippen molar-refractivity contribution in [3.8, 4) is 11.5 Å². The van der Waals surface area contributed by atoms with Crippen LogP contribution in [0, 0.1) is 12.8 Å². The predicted molar refractivity (Wildman–Crippen MR) is 72.2 cm³/mol. The van der Waals surface area contributed by atoms with Gasteiger partial charge < -0.3 is 14.6 Å². The second-order valence-electron chi connectivity index (χ2n) is 4.67. The van der Waals surface area contributed by atoms with Gasteiger partial charge in [0.1, 0.15) is 11.1 Å². The number of aromatic nitrogens is 3. The fourth-order valence-corrected chi connectivity index (χ4v) is 2.89. The van der Waals surface area contributed by atoms with Crippen molar-refractivity contribution in [1.29, 1.82) is 0 Å². The standard InChI is InChI=1S/C12H16N4O2S/c1-6-8(12(13-2)19-16-6)11-14-10(15-18-11)9(17-3)7-4-5-7/h7,9,13H,4-5H2,1-3H3. The molecule has 19 heavy (non-hydrogen) atoms. The second kappa shape index (κ2) is 4.90. The molecular formula is C12H16N4O2S. The molecule has 0 bridgehead atoms. The third kappa shape index (κ3) is 2.23. The number of hydrogen-bond acceptors (Lipinski definition) is 7. The van der Waals surface area contributed by atoms with E-state index in [1.165, 1.54) is 24.4 Å². The summed E-state index contributed by atoms with van der Waals surface area (Å²) in [7, 11) is 3.55. The van der Waals surface area contributed by atoms with Gasteiger partial charge in [0.25, 0.3) is 5.89 Å². The third-order valence-corrected chi connectivity index (χ3v) is 4.26. The summed E-state index contributed by atoms with van der Waals surface area (Å²) < 4.78 is 15.1. The number of rotatable bonds is 5. The Morgan fingerprint density at radius 3 is 2.89 bits per heavy atom. The van der Waals surface area contributed by atoms with Crippen LogP contribution in [0.15, 0.2) is 4.52 Å². The van der Waals surface area contributed by atoms with E-state index in [1.807, 2.05) is 14.0 Å². The summed E-state index contributed by atoms with van der Waals surface area (Å²) in [6, 6.07) is 0. The quantitative estimate of drug-likeness (QED) is 0.907. The van der Waals surface area contributed by atoms with E-state index in [4.69, 9.17) is 9.26 Å². The number of methoxy groups -OCH3 is 1. The first-order valence-corrected chi connectivity index (χ1v) is 7.02. The van der Waals surface area contributed by atoms with Crippen molar-refractivity contribution in [1.82, 2.24) is 14.5 Å². The maximum Gasteiger partial charge on any atom is 0.262 e. The van der Waals surface area contributed by atoms with E-state index in [1.54, 1.807) is 7.11 Å². The third-order valence-electron chi connectivity index (χ3n) is 3.30. The first-order chi connectivity index (χ1) is 9.24. The molecular weight excluding hydrogens is 264 g/mol. The lowest BCUT2D eigenvalue weighted by Gasteiger charge is -2.08. The van der Waals surface area contributed by atoms with E-state index < -0.39 is 0 Å². The van der Waals surface area contributed by atoms with Crippen molar-refractivity contribution in [2.24, 2.45) is 5.92 Å². The molecule has 1 fully saturated rings. The highest BCUT2D eigenvalue weighted by atomic mass is 32.1. The zero-order chi connectivity index (χ0) is 13.4. The molecule has 7 heteroatoms. The lowest BCUT2D eigenvalue weighted by molar-refractivity contribution is 0.0751. The Kier molecular flexibility index (Phi) is 3.24. The maximum absolute atomic E-state index is 5.46. The average Bonchev–Trinajstić information content (AvgIpc) is 3.00. The van der Waals surface area contributed by atoms with Crippen LogP contribution in [-0.4, -0.2) is 28.7 Å². The molecule has 1 atom stereocenters. The SMILES string of the molecule is CNc1snc(C)c1-c1nc(C(OC)C2CC2)no1. The van der Waals surface area contributed by atoms with Gasteiger partial charge >= 0.3 is 0 Å². The molecule has 102 valence electrons. The fraction of sp³-hybridized carbons (Fsp3) is 0.583. The number of ether oxygens (including phenoxy) is 1. The topological polar surface area (TPSA) is 73.1 Å². The number of hydrogen-bond donors (Lipinski definition) is 1. The molecule has 3 rings (SSSR count). The molecule has 1 N–H and O–H groups in total. The van der Waals surface area contributed by atoms with Crippen molar-refractivity contribution in [2.75, 3.05) is 19.5 Å².